The SMILES string of the molecule is [2H]C([2H])[Si](C)(C)C([2H])([2H])C([2H])([2H])C([2H])([2H])S(=O)(=O)O. The second-order valence-electron chi connectivity index (χ2n) is 2.55. The first-order chi connectivity index (χ1) is 7.94. The van der Waals surface area contributed by atoms with Gasteiger partial charge in [-0.05, 0) is 6.37 Å². The average Bonchev–Trinajstić information content (AvgIpc) is 2.14. The maximum atomic E-state index is 10.9. The minimum atomic E-state index is -5.51. The summed E-state index contributed by atoms with van der Waals surface area (Å²) in [7, 11) is -9.17. The molecule has 0 rings (SSSR count). The van der Waals surface area contributed by atoms with E-state index in [-0.39, 0.29) is 0 Å². The summed E-state index contributed by atoms with van der Waals surface area (Å²) in [6.45, 7) is 0.556. The van der Waals surface area contributed by atoms with Crippen LogP contribution in [-0.2, 0) is 10.1 Å². The first-order valence-corrected chi connectivity index (χ1v) is 7.28. The van der Waals surface area contributed by atoms with E-state index in [9.17, 15) is 8.42 Å². The minimum absolute atomic E-state index is 1.15. The van der Waals surface area contributed by atoms with E-state index in [1.165, 1.54) is 0 Å². The van der Waals surface area contributed by atoms with E-state index in [1.54, 1.807) is 0 Å². The van der Waals surface area contributed by atoms with Crippen molar-refractivity contribution >= 4 is 18.2 Å². The molecular formula is C6H16O3SSi. The molecule has 0 saturated carbocycles. The second-order valence-corrected chi connectivity index (χ2v) is 7.40. The lowest BCUT2D eigenvalue weighted by Gasteiger charge is -2.13. The Kier molecular flexibility index (Phi) is 1.16. The fourth-order valence-corrected chi connectivity index (χ4v) is 0.906. The molecule has 0 aromatic heterocycles. The van der Waals surface area contributed by atoms with E-state index in [1.807, 2.05) is 0 Å². The Labute approximate surface area is 80.8 Å². The molecule has 0 unspecified atom stereocenters. The van der Waals surface area contributed by atoms with Crippen molar-refractivity contribution < 1.29 is 23.9 Å². The van der Waals surface area contributed by atoms with Crippen molar-refractivity contribution in [3.63, 3.8) is 0 Å². The molecule has 68 valence electrons. The van der Waals surface area contributed by atoms with Crippen molar-refractivity contribution in [1.82, 2.24) is 0 Å². The fourth-order valence-electron chi connectivity index (χ4n) is 0.251. The molecule has 0 heterocycles. The molecule has 0 bridgehead atoms. The van der Waals surface area contributed by atoms with E-state index in [0.717, 1.165) is 13.1 Å². The fraction of sp³-hybridized carbons (Fsp3) is 1.00. The zero-order valence-corrected chi connectivity index (χ0v) is 8.07. The minimum Gasteiger partial charge on any atom is -0.286 e. The van der Waals surface area contributed by atoms with Crippen LogP contribution in [0, 0.1) is 0 Å². The Balaban J connectivity index is 6.07. The van der Waals surface area contributed by atoms with Gasteiger partial charge >= 0.3 is 0 Å². The third-order valence-corrected chi connectivity index (χ3v) is 1.69. The lowest BCUT2D eigenvalue weighted by molar-refractivity contribution is 0.482. The van der Waals surface area contributed by atoms with Crippen LogP contribution in [0.3, 0.4) is 0 Å². The van der Waals surface area contributed by atoms with Crippen LogP contribution in [0.5, 0.6) is 0 Å². The van der Waals surface area contributed by atoms with Crippen LogP contribution in [0.1, 0.15) is 17.3 Å². The number of hydrogen-bond acceptors (Lipinski definition) is 2. The quantitative estimate of drug-likeness (QED) is 0.559. The summed E-state index contributed by atoms with van der Waals surface area (Å²) in [5.74, 6) is -3.06. The Morgan fingerprint density at radius 2 is 2.18 bits per heavy atom. The molecule has 0 amide bonds. The van der Waals surface area contributed by atoms with Gasteiger partial charge in [0.1, 0.15) is 0 Å². The zero-order valence-electron chi connectivity index (χ0n) is 14.2. The smallest absolute Gasteiger partial charge is 0.264 e. The van der Waals surface area contributed by atoms with Gasteiger partial charge < -0.3 is 0 Å². The largest absolute Gasteiger partial charge is 0.286 e. The van der Waals surface area contributed by atoms with Gasteiger partial charge in [-0.25, -0.2) is 0 Å². The van der Waals surface area contributed by atoms with E-state index < -0.39 is 42.8 Å². The van der Waals surface area contributed by atoms with Gasteiger partial charge in [0.15, 0.2) is 0 Å². The van der Waals surface area contributed by atoms with Crippen molar-refractivity contribution in [2.24, 2.45) is 0 Å². The predicted molar refractivity (Wildman–Crippen MR) is 49.2 cm³/mol. The Morgan fingerprint density at radius 1 is 1.64 bits per heavy atom. The highest BCUT2D eigenvalue weighted by Gasteiger charge is 2.14. The molecule has 0 saturated heterocycles. The molecule has 0 atom stereocenters. The molecule has 0 aliphatic rings. The van der Waals surface area contributed by atoms with Crippen LogP contribution in [0.15, 0.2) is 0 Å². The van der Waals surface area contributed by atoms with Gasteiger partial charge in [-0.2, -0.15) is 8.42 Å². The molecular weight excluding hydrogens is 180 g/mol. The van der Waals surface area contributed by atoms with E-state index >= 15 is 0 Å². The van der Waals surface area contributed by atoms with Crippen molar-refractivity contribution in [3.8, 4) is 0 Å². The predicted octanol–water partition coefficient (Wildman–Crippen LogP) is 1.60. The van der Waals surface area contributed by atoms with Gasteiger partial charge in [-0.3, -0.25) is 4.55 Å². The van der Waals surface area contributed by atoms with Crippen LogP contribution in [0.25, 0.3) is 0 Å². The Morgan fingerprint density at radius 3 is 2.55 bits per heavy atom. The van der Waals surface area contributed by atoms with Crippen LogP contribution in [0.2, 0.25) is 25.6 Å². The van der Waals surface area contributed by atoms with Crippen LogP contribution in [-0.4, -0.2) is 26.7 Å². The molecule has 0 spiro atoms. The molecule has 3 nitrogen and oxygen atoms in total. The zero-order chi connectivity index (χ0) is 16.1. The maximum Gasteiger partial charge on any atom is 0.264 e. The molecule has 0 aromatic carbocycles. The van der Waals surface area contributed by atoms with E-state index in [0.29, 0.717) is 0 Å². The van der Waals surface area contributed by atoms with Gasteiger partial charge in [0, 0.05) is 19.0 Å². The van der Waals surface area contributed by atoms with Gasteiger partial charge in [0.05, 0.1) is 5.70 Å². The molecule has 0 fully saturated rings. The van der Waals surface area contributed by atoms with Crippen LogP contribution >= 0.6 is 0 Å². The highest BCUT2D eigenvalue weighted by molar-refractivity contribution is 7.85. The third kappa shape index (κ3) is 10.1. The first-order valence-electron chi connectivity index (χ1n) is 6.91. The highest BCUT2D eigenvalue weighted by Crippen LogP contribution is 2.11. The molecule has 5 heteroatoms. The van der Waals surface area contributed by atoms with Crippen LogP contribution < -0.4 is 0 Å². The summed E-state index contributed by atoms with van der Waals surface area (Å²) in [6.07, 6.45) is -3.61. The molecule has 0 aromatic rings. The molecule has 0 aliphatic carbocycles. The number of hydrogen-bond donors (Lipinski definition) is 1. The topological polar surface area (TPSA) is 54.4 Å². The molecule has 1 N–H and O–H groups in total. The summed E-state index contributed by atoms with van der Waals surface area (Å²) in [5, 5.41) is 0. The summed E-state index contributed by atoms with van der Waals surface area (Å²) < 4.78 is 89.9. The Bertz CT molecular complexity index is 445. The lowest BCUT2D eigenvalue weighted by Crippen LogP contribution is -2.20. The van der Waals surface area contributed by atoms with Gasteiger partial charge in [-0.1, -0.05) is 25.6 Å². The van der Waals surface area contributed by atoms with Gasteiger partial charge in [-0.15, -0.1) is 0 Å². The van der Waals surface area contributed by atoms with Gasteiger partial charge in [0.2, 0.25) is 0 Å². The van der Waals surface area contributed by atoms with Gasteiger partial charge in [0.25, 0.3) is 10.1 Å². The van der Waals surface area contributed by atoms with E-state index in [2.05, 4.69) is 0 Å². The maximum absolute atomic E-state index is 10.9. The standard InChI is InChI=1S/C6H16O3SSi/c1-11(2,3)6-4-5-10(7,8)9/h4-6H2,1-3H3,(H,7,8,9)/i1D2,4D2,5D2,6D2. The van der Waals surface area contributed by atoms with Crippen molar-refractivity contribution in [2.45, 2.75) is 32.0 Å². The van der Waals surface area contributed by atoms with Crippen molar-refractivity contribution in [2.75, 3.05) is 5.70 Å². The second kappa shape index (κ2) is 3.69. The summed E-state index contributed by atoms with van der Waals surface area (Å²) in [5.41, 5.74) is -3.89. The van der Waals surface area contributed by atoms with Crippen molar-refractivity contribution in [1.29, 1.82) is 0 Å². The molecule has 11 heavy (non-hydrogen) atoms. The molecule has 0 aliphatic heterocycles. The third-order valence-electron chi connectivity index (χ3n) is 0.565. The Hall–Kier alpha value is 0.127. The molecule has 0 radical (unpaired) electrons. The lowest BCUT2D eigenvalue weighted by atomic mass is 10.6. The van der Waals surface area contributed by atoms with Crippen molar-refractivity contribution in [3.05, 3.63) is 0 Å². The first kappa shape index (κ1) is 3.47. The average molecular weight is 204 g/mol. The summed E-state index contributed by atoms with van der Waals surface area (Å²) in [6, 6.07) is 0. The monoisotopic (exact) mass is 204 g/mol. The summed E-state index contributed by atoms with van der Waals surface area (Å²) in [4.78, 5) is 0. The van der Waals surface area contributed by atoms with Crippen LogP contribution in [0.4, 0.5) is 0 Å². The number of rotatable bonds is 4. The summed E-state index contributed by atoms with van der Waals surface area (Å²) >= 11 is 0. The van der Waals surface area contributed by atoms with E-state index in [4.69, 9.17) is 15.5 Å². The highest BCUT2D eigenvalue weighted by atomic mass is 32.2. The normalized spacial score (nSPS) is 28.4.